The van der Waals surface area contributed by atoms with Gasteiger partial charge >= 0.3 is 0 Å². The lowest BCUT2D eigenvalue weighted by Gasteiger charge is -2.37. The first-order valence-corrected chi connectivity index (χ1v) is 8.15. The van der Waals surface area contributed by atoms with Crippen molar-refractivity contribution in [1.29, 1.82) is 0 Å². The van der Waals surface area contributed by atoms with Gasteiger partial charge in [0.15, 0.2) is 5.82 Å². The molecular weight excluding hydrogens is 308 g/mol. The number of likely N-dealkylation sites (N-methyl/N-ethyl adjacent to an activating group) is 1. The number of benzene rings is 1. The number of aromatic nitrogens is 4. The van der Waals surface area contributed by atoms with Crippen molar-refractivity contribution >= 4 is 0 Å². The fourth-order valence-corrected chi connectivity index (χ4v) is 3.00. The monoisotopic (exact) mass is 332 g/mol. The maximum atomic E-state index is 9.60. The molecule has 1 aromatic carbocycles. The van der Waals surface area contributed by atoms with E-state index < -0.39 is 0 Å². The van der Waals surface area contributed by atoms with Gasteiger partial charge in [-0.1, -0.05) is 12.1 Å². The highest BCUT2D eigenvalue weighted by atomic mass is 16.5. The zero-order chi connectivity index (χ0) is 16.9. The molecule has 0 bridgehead atoms. The summed E-state index contributed by atoms with van der Waals surface area (Å²) in [6, 6.07) is 7.26. The Bertz CT molecular complexity index is 636. The van der Waals surface area contributed by atoms with Gasteiger partial charge in [-0.2, -0.15) is 0 Å². The maximum absolute atomic E-state index is 9.60. The fraction of sp³-hybridized carbons (Fsp3) is 0.562. The SMILES string of the molecule is COCCn1nnnc1C(c1ccc(O)cc1)N1CCN(C)CC1. The van der Waals surface area contributed by atoms with E-state index in [1.54, 1.807) is 23.9 Å². The van der Waals surface area contributed by atoms with Gasteiger partial charge in [-0.05, 0) is 35.2 Å². The number of methoxy groups -OCH3 is 1. The van der Waals surface area contributed by atoms with Gasteiger partial charge in [0.25, 0.3) is 0 Å². The van der Waals surface area contributed by atoms with Gasteiger partial charge in [-0.15, -0.1) is 5.10 Å². The number of nitrogens with zero attached hydrogens (tertiary/aromatic N) is 6. The quantitative estimate of drug-likeness (QED) is 0.818. The molecule has 2 aromatic rings. The van der Waals surface area contributed by atoms with E-state index in [1.165, 1.54) is 0 Å². The largest absolute Gasteiger partial charge is 0.508 e. The summed E-state index contributed by atoms with van der Waals surface area (Å²) in [5.41, 5.74) is 1.07. The Kier molecular flexibility index (Phi) is 5.39. The van der Waals surface area contributed by atoms with Crippen LogP contribution in [0.5, 0.6) is 5.75 Å². The summed E-state index contributed by atoms with van der Waals surface area (Å²) < 4.78 is 6.97. The molecule has 1 fully saturated rings. The Hall–Kier alpha value is -2.03. The van der Waals surface area contributed by atoms with Crippen LogP contribution in [0.25, 0.3) is 0 Å². The van der Waals surface area contributed by atoms with Crippen molar-refractivity contribution in [2.24, 2.45) is 0 Å². The van der Waals surface area contributed by atoms with E-state index in [0.29, 0.717) is 13.2 Å². The van der Waals surface area contributed by atoms with E-state index >= 15 is 0 Å². The van der Waals surface area contributed by atoms with Crippen molar-refractivity contribution < 1.29 is 9.84 Å². The van der Waals surface area contributed by atoms with Crippen molar-refractivity contribution in [3.05, 3.63) is 35.7 Å². The summed E-state index contributed by atoms with van der Waals surface area (Å²) in [6.45, 7) is 5.07. The molecule has 3 rings (SSSR count). The summed E-state index contributed by atoms with van der Waals surface area (Å²) in [4.78, 5) is 4.71. The van der Waals surface area contributed by atoms with Gasteiger partial charge in [-0.3, -0.25) is 4.90 Å². The Labute approximate surface area is 141 Å². The van der Waals surface area contributed by atoms with Gasteiger partial charge in [-0.25, -0.2) is 4.68 Å². The second kappa shape index (κ2) is 7.69. The topological polar surface area (TPSA) is 79.5 Å². The van der Waals surface area contributed by atoms with Crippen molar-refractivity contribution in [3.8, 4) is 5.75 Å². The molecule has 1 saturated heterocycles. The molecule has 1 aliphatic heterocycles. The highest BCUT2D eigenvalue weighted by Crippen LogP contribution is 2.29. The molecular formula is C16H24N6O2. The third-order valence-electron chi connectivity index (χ3n) is 4.42. The van der Waals surface area contributed by atoms with Gasteiger partial charge in [0.1, 0.15) is 5.75 Å². The smallest absolute Gasteiger partial charge is 0.173 e. The number of hydrogen-bond acceptors (Lipinski definition) is 7. The van der Waals surface area contributed by atoms with E-state index in [9.17, 15) is 5.11 Å². The Morgan fingerprint density at radius 1 is 1.17 bits per heavy atom. The van der Waals surface area contributed by atoms with E-state index in [2.05, 4.69) is 32.4 Å². The van der Waals surface area contributed by atoms with Crippen LogP contribution in [-0.4, -0.2) is 82.1 Å². The minimum Gasteiger partial charge on any atom is -0.508 e. The fourth-order valence-electron chi connectivity index (χ4n) is 3.00. The summed E-state index contributed by atoms with van der Waals surface area (Å²) in [5.74, 6) is 1.07. The number of phenols is 1. The lowest BCUT2D eigenvalue weighted by Crippen LogP contribution is -2.46. The molecule has 2 heterocycles. The van der Waals surface area contributed by atoms with Crippen LogP contribution in [0.4, 0.5) is 0 Å². The van der Waals surface area contributed by atoms with Crippen molar-refractivity contribution in [3.63, 3.8) is 0 Å². The number of aromatic hydroxyl groups is 1. The summed E-state index contributed by atoms with van der Waals surface area (Å²) in [6.07, 6.45) is 0. The number of phenolic OH excluding ortho intramolecular Hbond substituents is 1. The number of hydrogen-bond donors (Lipinski definition) is 1. The highest BCUT2D eigenvalue weighted by molar-refractivity contribution is 5.31. The second-order valence-electron chi connectivity index (χ2n) is 6.09. The molecule has 0 spiro atoms. The van der Waals surface area contributed by atoms with Gasteiger partial charge in [0, 0.05) is 33.3 Å². The Balaban J connectivity index is 1.92. The molecule has 1 unspecified atom stereocenters. The van der Waals surface area contributed by atoms with E-state index in [4.69, 9.17) is 4.74 Å². The zero-order valence-corrected chi connectivity index (χ0v) is 14.2. The average Bonchev–Trinajstić information content (AvgIpc) is 3.05. The molecule has 0 aliphatic carbocycles. The number of tetrazole rings is 1. The molecule has 0 amide bonds. The average molecular weight is 332 g/mol. The third-order valence-corrected chi connectivity index (χ3v) is 4.42. The number of piperazine rings is 1. The van der Waals surface area contributed by atoms with Gasteiger partial charge in [0.05, 0.1) is 19.2 Å². The normalized spacial score (nSPS) is 17.9. The van der Waals surface area contributed by atoms with E-state index in [0.717, 1.165) is 37.6 Å². The Morgan fingerprint density at radius 3 is 2.54 bits per heavy atom. The van der Waals surface area contributed by atoms with Crippen LogP contribution in [-0.2, 0) is 11.3 Å². The van der Waals surface area contributed by atoms with Crippen molar-refractivity contribution in [1.82, 2.24) is 30.0 Å². The molecule has 0 radical (unpaired) electrons. The predicted molar refractivity (Wildman–Crippen MR) is 88.7 cm³/mol. The summed E-state index contributed by atoms with van der Waals surface area (Å²) in [5, 5.41) is 21.9. The lowest BCUT2D eigenvalue weighted by atomic mass is 10.0. The van der Waals surface area contributed by atoms with Gasteiger partial charge < -0.3 is 14.7 Å². The molecule has 1 N–H and O–H groups in total. The van der Waals surface area contributed by atoms with Crippen molar-refractivity contribution in [2.45, 2.75) is 12.6 Å². The number of ether oxygens (including phenoxy) is 1. The molecule has 24 heavy (non-hydrogen) atoms. The predicted octanol–water partition coefficient (Wildman–Crippen LogP) is 0.362. The van der Waals surface area contributed by atoms with Crippen LogP contribution in [0.3, 0.4) is 0 Å². The molecule has 0 saturated carbocycles. The molecule has 1 aromatic heterocycles. The standard InChI is InChI=1S/C16H24N6O2/c1-20-7-9-21(10-8-20)15(13-3-5-14(23)6-4-13)16-17-18-19-22(16)11-12-24-2/h3-6,15,23H,7-12H2,1-2H3. The van der Waals surface area contributed by atoms with Crippen LogP contribution in [0.15, 0.2) is 24.3 Å². The van der Waals surface area contributed by atoms with Crippen LogP contribution >= 0.6 is 0 Å². The summed E-state index contributed by atoms with van der Waals surface area (Å²) in [7, 11) is 3.80. The maximum Gasteiger partial charge on any atom is 0.173 e. The first-order chi connectivity index (χ1) is 11.7. The highest BCUT2D eigenvalue weighted by Gasteiger charge is 2.29. The van der Waals surface area contributed by atoms with Crippen LogP contribution in [0.1, 0.15) is 17.4 Å². The van der Waals surface area contributed by atoms with Crippen LogP contribution in [0, 0.1) is 0 Å². The lowest BCUT2D eigenvalue weighted by molar-refractivity contribution is 0.119. The number of rotatable bonds is 6. The first kappa shape index (κ1) is 16.8. The third kappa shape index (κ3) is 3.72. The zero-order valence-electron chi connectivity index (χ0n) is 14.2. The minimum atomic E-state index is -0.0360. The molecule has 130 valence electrons. The first-order valence-electron chi connectivity index (χ1n) is 8.15. The van der Waals surface area contributed by atoms with E-state index in [-0.39, 0.29) is 11.8 Å². The summed E-state index contributed by atoms with van der Waals surface area (Å²) >= 11 is 0. The molecule has 8 heteroatoms. The van der Waals surface area contributed by atoms with Crippen LogP contribution < -0.4 is 0 Å². The molecule has 8 nitrogen and oxygen atoms in total. The van der Waals surface area contributed by atoms with Crippen LogP contribution in [0.2, 0.25) is 0 Å². The minimum absolute atomic E-state index is 0.0360. The second-order valence-corrected chi connectivity index (χ2v) is 6.09. The van der Waals surface area contributed by atoms with E-state index in [1.807, 2.05) is 12.1 Å². The Morgan fingerprint density at radius 2 is 1.88 bits per heavy atom. The van der Waals surface area contributed by atoms with Crippen molar-refractivity contribution in [2.75, 3.05) is 46.9 Å². The molecule has 1 atom stereocenters. The molecule has 1 aliphatic rings. The van der Waals surface area contributed by atoms with Gasteiger partial charge in [0.2, 0.25) is 0 Å².